The third-order valence-electron chi connectivity index (χ3n) is 3.38. The van der Waals surface area contributed by atoms with Crippen molar-refractivity contribution in [3.05, 3.63) is 15.6 Å². The summed E-state index contributed by atoms with van der Waals surface area (Å²) in [7, 11) is 0. The zero-order chi connectivity index (χ0) is 14.1. The maximum absolute atomic E-state index is 4.85. The molecule has 0 saturated heterocycles. The third kappa shape index (κ3) is 5.59. The van der Waals surface area contributed by atoms with Crippen molar-refractivity contribution in [2.75, 3.05) is 26.2 Å². The summed E-state index contributed by atoms with van der Waals surface area (Å²) in [5.41, 5.74) is 1.32. The van der Waals surface area contributed by atoms with Crippen LogP contribution in [0, 0.1) is 0 Å². The van der Waals surface area contributed by atoms with Crippen molar-refractivity contribution in [3.8, 4) is 0 Å². The van der Waals surface area contributed by atoms with Gasteiger partial charge in [0.05, 0.1) is 10.7 Å². The fraction of sp³-hybridized carbons (Fsp3) is 0.800. The molecule has 0 spiro atoms. The van der Waals surface area contributed by atoms with E-state index in [0.717, 1.165) is 45.6 Å². The lowest BCUT2D eigenvalue weighted by Crippen LogP contribution is -2.25. The Kier molecular flexibility index (Phi) is 8.26. The van der Waals surface area contributed by atoms with E-state index in [1.165, 1.54) is 22.0 Å². The molecule has 0 radical (unpaired) electrons. The van der Waals surface area contributed by atoms with E-state index < -0.39 is 0 Å². The summed E-state index contributed by atoms with van der Waals surface area (Å²) in [4.78, 5) is 8.75. The minimum absolute atomic E-state index is 0.981. The summed E-state index contributed by atoms with van der Waals surface area (Å²) in [5.74, 6) is 0. The van der Waals surface area contributed by atoms with Crippen LogP contribution in [0.5, 0.6) is 0 Å². The number of nitrogens with zero attached hydrogens (tertiary/aromatic N) is 2. The highest BCUT2D eigenvalue weighted by Gasteiger charge is 2.11. The van der Waals surface area contributed by atoms with Crippen molar-refractivity contribution in [1.29, 1.82) is 0 Å². The van der Waals surface area contributed by atoms with E-state index in [1.807, 2.05) is 11.3 Å². The van der Waals surface area contributed by atoms with Gasteiger partial charge in [-0.25, -0.2) is 4.98 Å². The van der Waals surface area contributed by atoms with Gasteiger partial charge in [0.25, 0.3) is 0 Å². The van der Waals surface area contributed by atoms with Gasteiger partial charge in [-0.05, 0) is 26.1 Å². The minimum atomic E-state index is 0.981. The number of aromatic nitrogens is 1. The van der Waals surface area contributed by atoms with Gasteiger partial charge in [-0.3, -0.25) is 0 Å². The molecule has 0 fully saturated rings. The van der Waals surface area contributed by atoms with Crippen molar-refractivity contribution < 1.29 is 0 Å². The topological polar surface area (TPSA) is 28.2 Å². The van der Waals surface area contributed by atoms with Crippen LogP contribution < -0.4 is 5.32 Å². The summed E-state index contributed by atoms with van der Waals surface area (Å²) >= 11 is 1.90. The SMILES string of the molecule is CCCc1nc(CCN(CC)CC)sc1CNCC. The minimum Gasteiger partial charge on any atom is -0.312 e. The molecule has 1 heterocycles. The molecule has 1 N–H and O–H groups in total. The van der Waals surface area contributed by atoms with Crippen LogP contribution >= 0.6 is 11.3 Å². The molecule has 1 rings (SSSR count). The number of hydrogen-bond donors (Lipinski definition) is 1. The maximum atomic E-state index is 4.85. The second-order valence-corrected chi connectivity index (χ2v) is 5.95. The quantitative estimate of drug-likeness (QED) is 0.715. The molecule has 0 aliphatic heterocycles. The molecule has 0 aliphatic rings. The van der Waals surface area contributed by atoms with Crippen LogP contribution in [0.4, 0.5) is 0 Å². The molecular formula is C15H29N3S. The summed E-state index contributed by atoms with van der Waals surface area (Å²) in [6, 6.07) is 0. The van der Waals surface area contributed by atoms with Crippen LogP contribution in [0.1, 0.15) is 49.7 Å². The maximum Gasteiger partial charge on any atom is 0.0944 e. The van der Waals surface area contributed by atoms with Crippen molar-refractivity contribution in [2.24, 2.45) is 0 Å². The highest BCUT2D eigenvalue weighted by Crippen LogP contribution is 2.20. The Morgan fingerprint density at radius 2 is 1.84 bits per heavy atom. The number of likely N-dealkylation sites (N-methyl/N-ethyl adjacent to an activating group) is 1. The molecule has 4 heteroatoms. The van der Waals surface area contributed by atoms with Crippen LogP contribution in [-0.2, 0) is 19.4 Å². The molecule has 0 atom stereocenters. The predicted molar refractivity (Wildman–Crippen MR) is 85.0 cm³/mol. The molecule has 0 saturated carbocycles. The molecule has 1 aromatic rings. The van der Waals surface area contributed by atoms with E-state index in [-0.39, 0.29) is 0 Å². The van der Waals surface area contributed by atoms with Gasteiger partial charge >= 0.3 is 0 Å². The Morgan fingerprint density at radius 1 is 1.11 bits per heavy atom. The molecule has 0 amide bonds. The molecule has 0 bridgehead atoms. The normalized spacial score (nSPS) is 11.4. The monoisotopic (exact) mass is 283 g/mol. The number of nitrogens with one attached hydrogen (secondary N) is 1. The third-order valence-corrected chi connectivity index (χ3v) is 4.54. The lowest BCUT2D eigenvalue weighted by molar-refractivity contribution is 0.308. The molecule has 0 aromatic carbocycles. The first kappa shape index (κ1) is 16.6. The van der Waals surface area contributed by atoms with Crippen molar-refractivity contribution in [3.63, 3.8) is 0 Å². The summed E-state index contributed by atoms with van der Waals surface area (Å²) in [6.07, 6.45) is 3.38. The fourth-order valence-corrected chi connectivity index (χ4v) is 3.22. The van der Waals surface area contributed by atoms with Gasteiger partial charge in [-0.1, -0.05) is 34.1 Å². The van der Waals surface area contributed by atoms with E-state index in [0.29, 0.717) is 0 Å². The first-order valence-corrected chi connectivity index (χ1v) is 8.47. The van der Waals surface area contributed by atoms with Crippen molar-refractivity contribution in [1.82, 2.24) is 15.2 Å². The van der Waals surface area contributed by atoms with E-state index in [9.17, 15) is 0 Å². The van der Waals surface area contributed by atoms with Gasteiger partial charge in [0.15, 0.2) is 0 Å². The molecule has 3 nitrogen and oxygen atoms in total. The molecule has 110 valence electrons. The summed E-state index contributed by atoms with van der Waals surface area (Å²) in [6.45, 7) is 14.2. The van der Waals surface area contributed by atoms with Gasteiger partial charge in [0.1, 0.15) is 0 Å². The molecule has 1 aromatic heterocycles. The second kappa shape index (κ2) is 9.45. The average molecular weight is 283 g/mol. The van der Waals surface area contributed by atoms with Gasteiger partial charge in [0, 0.05) is 24.4 Å². The van der Waals surface area contributed by atoms with Crippen LogP contribution in [0.3, 0.4) is 0 Å². The van der Waals surface area contributed by atoms with E-state index in [4.69, 9.17) is 4.98 Å². The first-order chi connectivity index (χ1) is 9.24. The van der Waals surface area contributed by atoms with Gasteiger partial charge in [-0.15, -0.1) is 11.3 Å². The Bertz CT molecular complexity index is 345. The lowest BCUT2D eigenvalue weighted by atomic mass is 10.2. The van der Waals surface area contributed by atoms with Crippen LogP contribution in [0.15, 0.2) is 0 Å². The average Bonchev–Trinajstić information content (AvgIpc) is 2.80. The van der Waals surface area contributed by atoms with Gasteiger partial charge in [-0.2, -0.15) is 0 Å². The van der Waals surface area contributed by atoms with E-state index in [2.05, 4.69) is 37.9 Å². The summed E-state index contributed by atoms with van der Waals surface area (Å²) in [5, 5.41) is 4.73. The van der Waals surface area contributed by atoms with Crippen LogP contribution in [0.25, 0.3) is 0 Å². The number of aryl methyl sites for hydroxylation is 1. The van der Waals surface area contributed by atoms with Crippen LogP contribution in [0.2, 0.25) is 0 Å². The largest absolute Gasteiger partial charge is 0.312 e. The van der Waals surface area contributed by atoms with E-state index >= 15 is 0 Å². The molecule has 0 aliphatic carbocycles. The lowest BCUT2D eigenvalue weighted by Gasteiger charge is -2.16. The standard InChI is InChI=1S/C15H29N3S/c1-5-9-13-14(12-16-6-2)19-15(17-13)10-11-18(7-3)8-4/h16H,5-12H2,1-4H3. The predicted octanol–water partition coefficient (Wildman–Crippen LogP) is 3.09. The van der Waals surface area contributed by atoms with Gasteiger partial charge in [0.2, 0.25) is 0 Å². The molecule has 19 heavy (non-hydrogen) atoms. The number of rotatable bonds is 10. The Labute approximate surface area is 122 Å². The number of thiazole rings is 1. The van der Waals surface area contributed by atoms with Crippen LogP contribution in [-0.4, -0.2) is 36.1 Å². The molecule has 0 unspecified atom stereocenters. The highest BCUT2D eigenvalue weighted by molar-refractivity contribution is 7.11. The zero-order valence-electron chi connectivity index (χ0n) is 13.0. The van der Waals surface area contributed by atoms with E-state index in [1.54, 1.807) is 0 Å². The van der Waals surface area contributed by atoms with Crippen molar-refractivity contribution >= 4 is 11.3 Å². The smallest absolute Gasteiger partial charge is 0.0944 e. The first-order valence-electron chi connectivity index (χ1n) is 7.65. The Morgan fingerprint density at radius 3 is 2.42 bits per heavy atom. The molecular weight excluding hydrogens is 254 g/mol. The zero-order valence-corrected chi connectivity index (χ0v) is 13.8. The Hall–Kier alpha value is -0.450. The summed E-state index contributed by atoms with van der Waals surface area (Å²) < 4.78 is 0. The van der Waals surface area contributed by atoms with Gasteiger partial charge < -0.3 is 10.2 Å². The second-order valence-electron chi connectivity index (χ2n) is 4.78. The van der Waals surface area contributed by atoms with Crippen molar-refractivity contribution in [2.45, 2.75) is 53.5 Å². The highest BCUT2D eigenvalue weighted by atomic mass is 32.1. The fourth-order valence-electron chi connectivity index (χ4n) is 2.15. The number of hydrogen-bond acceptors (Lipinski definition) is 4. The Balaban J connectivity index is 2.62.